The number of aryl methyl sites for hydroxylation is 1. The fraction of sp³-hybridized carbons (Fsp3) is 0.417. The number of hydrogen-bond donors (Lipinski definition) is 1. The van der Waals surface area contributed by atoms with E-state index >= 15 is 0 Å². The molecule has 0 saturated heterocycles. The van der Waals surface area contributed by atoms with E-state index in [9.17, 15) is 19.6 Å². The summed E-state index contributed by atoms with van der Waals surface area (Å²) in [4.78, 5) is 40.0. The second-order valence-corrected chi connectivity index (χ2v) is 8.54. The number of fused-ring (bicyclic) bond motifs is 1. The summed E-state index contributed by atoms with van der Waals surface area (Å²) in [6.45, 7) is 10.5. The predicted octanol–water partition coefficient (Wildman–Crippen LogP) is 2.91. The fourth-order valence-corrected chi connectivity index (χ4v) is 3.86. The molecule has 32 heavy (non-hydrogen) atoms. The first-order valence-electron chi connectivity index (χ1n) is 10.4. The smallest absolute Gasteiger partial charge is 0.341 e. The Bertz CT molecular complexity index is 1120. The average Bonchev–Trinajstić information content (AvgIpc) is 3.13. The van der Waals surface area contributed by atoms with Crippen LogP contribution in [0.3, 0.4) is 0 Å². The van der Waals surface area contributed by atoms with Gasteiger partial charge in [0, 0.05) is 5.54 Å². The third-order valence-electron chi connectivity index (χ3n) is 4.99. The van der Waals surface area contributed by atoms with Crippen molar-refractivity contribution in [3.8, 4) is 11.8 Å². The van der Waals surface area contributed by atoms with Crippen molar-refractivity contribution in [2.45, 2.75) is 52.7 Å². The van der Waals surface area contributed by atoms with E-state index in [0.717, 1.165) is 5.56 Å². The van der Waals surface area contributed by atoms with Crippen molar-refractivity contribution in [2.24, 2.45) is 0 Å². The van der Waals surface area contributed by atoms with Crippen molar-refractivity contribution in [2.75, 3.05) is 13.2 Å². The zero-order chi connectivity index (χ0) is 23.8. The molecule has 1 heterocycles. The van der Waals surface area contributed by atoms with E-state index < -0.39 is 28.9 Å². The van der Waals surface area contributed by atoms with Gasteiger partial charge in [0.1, 0.15) is 23.0 Å². The van der Waals surface area contributed by atoms with E-state index in [2.05, 4.69) is 5.32 Å². The quantitative estimate of drug-likeness (QED) is 0.698. The van der Waals surface area contributed by atoms with E-state index in [4.69, 9.17) is 14.2 Å². The van der Waals surface area contributed by atoms with Gasteiger partial charge in [-0.05, 0) is 53.7 Å². The summed E-state index contributed by atoms with van der Waals surface area (Å²) in [7, 11) is 0. The number of carbonyl (C=O) groups excluding carboxylic acids is 3. The van der Waals surface area contributed by atoms with E-state index in [0.29, 0.717) is 0 Å². The Kier molecular flexibility index (Phi) is 5.88. The highest BCUT2D eigenvalue weighted by Gasteiger charge is 2.63. The molecule has 0 saturated carbocycles. The highest BCUT2D eigenvalue weighted by Crippen LogP contribution is 2.51. The molecule has 0 fully saturated rings. The molecule has 3 rings (SSSR count). The molecule has 1 aliphatic carbocycles. The number of rotatable bonds is 5. The topological polar surface area (TPSA) is 115 Å². The first-order chi connectivity index (χ1) is 15.0. The van der Waals surface area contributed by atoms with Gasteiger partial charge in [0.25, 0.3) is 0 Å². The van der Waals surface area contributed by atoms with Crippen molar-refractivity contribution >= 4 is 17.7 Å². The second kappa shape index (κ2) is 8.15. The maximum atomic E-state index is 13.8. The number of carbonyl (C=O) groups is 3. The molecule has 0 bridgehead atoms. The Labute approximate surface area is 186 Å². The molecule has 168 valence electrons. The van der Waals surface area contributed by atoms with Gasteiger partial charge < -0.3 is 19.5 Å². The Hall–Kier alpha value is -3.60. The Balaban J connectivity index is 2.40. The summed E-state index contributed by atoms with van der Waals surface area (Å²) in [5.74, 6) is -2.17. The highest BCUT2D eigenvalue weighted by atomic mass is 16.5. The molecule has 0 radical (unpaired) electrons. The normalized spacial score (nSPS) is 19.6. The lowest BCUT2D eigenvalue weighted by molar-refractivity contribution is -0.142. The molecule has 8 heteroatoms. The van der Waals surface area contributed by atoms with Crippen LogP contribution in [0, 0.1) is 18.3 Å². The van der Waals surface area contributed by atoms with Crippen LogP contribution in [0.25, 0.3) is 0 Å². The maximum Gasteiger partial charge on any atom is 0.341 e. The van der Waals surface area contributed by atoms with Gasteiger partial charge >= 0.3 is 11.9 Å². The van der Waals surface area contributed by atoms with E-state index in [1.54, 1.807) is 32.0 Å². The lowest BCUT2D eigenvalue weighted by atomic mass is 9.84. The molecular weight excluding hydrogens is 412 g/mol. The molecular formula is C24H26N2O6. The van der Waals surface area contributed by atoms with Crippen LogP contribution in [0.15, 0.2) is 40.6 Å². The predicted molar refractivity (Wildman–Crippen MR) is 115 cm³/mol. The van der Waals surface area contributed by atoms with Crippen molar-refractivity contribution in [3.05, 3.63) is 51.7 Å². The van der Waals surface area contributed by atoms with Gasteiger partial charge in [-0.2, -0.15) is 5.26 Å². The third kappa shape index (κ3) is 3.54. The summed E-state index contributed by atoms with van der Waals surface area (Å²) < 4.78 is 16.5. The monoisotopic (exact) mass is 438 g/mol. The van der Waals surface area contributed by atoms with Crippen molar-refractivity contribution < 1.29 is 28.6 Å². The number of ether oxygens (including phenoxy) is 3. The molecule has 1 N–H and O–H groups in total. The van der Waals surface area contributed by atoms with Crippen LogP contribution in [0.1, 0.15) is 50.5 Å². The molecule has 2 aliphatic rings. The number of Topliss-reactive ketones (excluding diaryl/α,β-unsaturated/α-hetero) is 1. The lowest BCUT2D eigenvalue weighted by Gasteiger charge is -2.26. The van der Waals surface area contributed by atoms with Crippen LogP contribution < -0.4 is 10.1 Å². The second-order valence-electron chi connectivity index (χ2n) is 8.54. The standard InChI is InChI=1S/C24H26N2O6/c1-7-30-21(28)17-18(22(29)31-8-2)24(15(12-25)19(17)26-23(4,5)6)20(27)14-11-13(3)9-10-16(14)32-24/h9-11,26H,7-8H2,1-6H3. The van der Waals surface area contributed by atoms with Crippen molar-refractivity contribution in [1.29, 1.82) is 5.26 Å². The third-order valence-corrected chi connectivity index (χ3v) is 4.99. The summed E-state index contributed by atoms with van der Waals surface area (Å²) in [6.07, 6.45) is 0. The van der Waals surface area contributed by atoms with E-state index in [1.807, 2.05) is 33.8 Å². The van der Waals surface area contributed by atoms with Crippen LogP contribution in [-0.4, -0.2) is 42.1 Å². The van der Waals surface area contributed by atoms with Crippen LogP contribution in [0.4, 0.5) is 0 Å². The number of benzene rings is 1. The van der Waals surface area contributed by atoms with Gasteiger partial charge in [0.05, 0.1) is 30.0 Å². The molecule has 0 amide bonds. The molecule has 1 unspecified atom stereocenters. The molecule has 8 nitrogen and oxygen atoms in total. The molecule has 1 atom stereocenters. The summed E-state index contributed by atoms with van der Waals surface area (Å²) >= 11 is 0. The van der Waals surface area contributed by atoms with Crippen molar-refractivity contribution in [1.82, 2.24) is 5.32 Å². The SMILES string of the molecule is CCOC(=O)C1=C(C(=O)OCC)C2(Oc3ccc(C)cc3C2=O)C(C#N)=C1NC(C)(C)C. The van der Waals surface area contributed by atoms with Crippen LogP contribution in [0.5, 0.6) is 5.75 Å². The van der Waals surface area contributed by atoms with Gasteiger partial charge in [-0.1, -0.05) is 11.6 Å². The highest BCUT2D eigenvalue weighted by molar-refractivity contribution is 6.22. The van der Waals surface area contributed by atoms with Gasteiger partial charge in [0.2, 0.25) is 11.4 Å². The molecule has 1 aromatic carbocycles. The van der Waals surface area contributed by atoms with Crippen LogP contribution in [-0.2, 0) is 19.1 Å². The lowest BCUT2D eigenvalue weighted by Crippen LogP contribution is -2.46. The summed E-state index contributed by atoms with van der Waals surface area (Å²) in [6, 6.07) is 7.01. The summed E-state index contributed by atoms with van der Waals surface area (Å²) in [5, 5.41) is 13.3. The Morgan fingerprint density at radius 1 is 1.16 bits per heavy atom. The number of nitrogens with zero attached hydrogens (tertiary/aromatic N) is 1. The number of ketones is 1. The minimum absolute atomic E-state index is 0.00130. The summed E-state index contributed by atoms with van der Waals surface area (Å²) in [5.41, 5.74) is -2.46. The minimum Gasteiger partial charge on any atom is -0.468 e. The maximum absolute atomic E-state index is 13.8. The van der Waals surface area contributed by atoms with Gasteiger partial charge in [-0.25, -0.2) is 9.59 Å². The van der Waals surface area contributed by atoms with Gasteiger partial charge in [-0.3, -0.25) is 4.79 Å². The first kappa shape index (κ1) is 23.1. The number of esters is 2. The number of nitriles is 1. The zero-order valence-corrected chi connectivity index (χ0v) is 19.0. The Morgan fingerprint density at radius 3 is 2.34 bits per heavy atom. The fourth-order valence-electron chi connectivity index (χ4n) is 3.86. The van der Waals surface area contributed by atoms with E-state index in [-0.39, 0.29) is 46.9 Å². The van der Waals surface area contributed by atoms with Crippen molar-refractivity contribution in [3.63, 3.8) is 0 Å². The Morgan fingerprint density at radius 2 is 1.78 bits per heavy atom. The molecule has 1 aromatic rings. The van der Waals surface area contributed by atoms with Crippen LogP contribution in [0.2, 0.25) is 0 Å². The van der Waals surface area contributed by atoms with Gasteiger partial charge in [-0.15, -0.1) is 0 Å². The average molecular weight is 438 g/mol. The largest absolute Gasteiger partial charge is 0.468 e. The van der Waals surface area contributed by atoms with Crippen LogP contribution >= 0.6 is 0 Å². The van der Waals surface area contributed by atoms with E-state index in [1.165, 1.54) is 0 Å². The molecule has 1 spiro atoms. The first-order valence-corrected chi connectivity index (χ1v) is 10.4. The number of hydrogen-bond acceptors (Lipinski definition) is 8. The van der Waals surface area contributed by atoms with Gasteiger partial charge in [0.15, 0.2) is 0 Å². The molecule has 0 aromatic heterocycles. The number of nitrogens with one attached hydrogen (secondary N) is 1. The zero-order valence-electron chi connectivity index (χ0n) is 19.0. The molecule has 1 aliphatic heterocycles. The minimum atomic E-state index is -2.13.